The monoisotopic (exact) mass is 298 g/mol. The van der Waals surface area contributed by atoms with Gasteiger partial charge in [0.1, 0.15) is 6.61 Å². The van der Waals surface area contributed by atoms with Crippen molar-refractivity contribution in [2.45, 2.75) is 6.10 Å². The third-order valence-electron chi connectivity index (χ3n) is 3.53. The standard InChI is InChI=1S/C14H14N6O2/c1-19(14-7-15-6-13-16-17-18-20(13)14)8-10-9-21-11-4-2-3-5-12(11)22-10/h2-7,10H,8-9H2,1H3. The number of rotatable bonds is 3. The molecule has 0 amide bonds. The first-order valence-electron chi connectivity index (χ1n) is 6.93. The molecule has 0 aliphatic carbocycles. The summed E-state index contributed by atoms with van der Waals surface area (Å²) in [5.41, 5.74) is 0.607. The first-order valence-corrected chi connectivity index (χ1v) is 6.93. The number of hydrogen-bond acceptors (Lipinski definition) is 7. The van der Waals surface area contributed by atoms with Gasteiger partial charge in [0.15, 0.2) is 29.1 Å². The van der Waals surface area contributed by atoms with E-state index in [-0.39, 0.29) is 6.10 Å². The summed E-state index contributed by atoms with van der Waals surface area (Å²) < 4.78 is 13.3. The van der Waals surface area contributed by atoms with Gasteiger partial charge in [-0.2, -0.15) is 4.52 Å². The van der Waals surface area contributed by atoms with Crippen molar-refractivity contribution in [1.29, 1.82) is 0 Å². The smallest absolute Gasteiger partial charge is 0.199 e. The number of benzene rings is 1. The molecule has 1 aliphatic heterocycles. The van der Waals surface area contributed by atoms with Crippen LogP contribution >= 0.6 is 0 Å². The summed E-state index contributed by atoms with van der Waals surface area (Å²) in [5.74, 6) is 2.35. The Morgan fingerprint density at radius 1 is 1.27 bits per heavy atom. The summed E-state index contributed by atoms with van der Waals surface area (Å²) in [5, 5.41) is 11.5. The molecule has 1 aromatic carbocycles. The molecular weight excluding hydrogens is 284 g/mol. The van der Waals surface area contributed by atoms with E-state index >= 15 is 0 Å². The van der Waals surface area contributed by atoms with E-state index < -0.39 is 0 Å². The van der Waals surface area contributed by atoms with Crippen molar-refractivity contribution in [1.82, 2.24) is 25.0 Å². The number of hydrogen-bond donors (Lipinski definition) is 0. The Kier molecular flexibility index (Phi) is 2.99. The molecule has 8 nitrogen and oxygen atoms in total. The van der Waals surface area contributed by atoms with Crippen LogP contribution in [0.2, 0.25) is 0 Å². The van der Waals surface area contributed by atoms with E-state index in [4.69, 9.17) is 9.47 Å². The van der Waals surface area contributed by atoms with Gasteiger partial charge in [-0.25, -0.2) is 0 Å². The SMILES string of the molecule is CN(CC1COc2ccccc2O1)c1cncc2nnnn12. The van der Waals surface area contributed by atoms with Gasteiger partial charge in [-0.15, -0.1) is 5.10 Å². The first-order chi connectivity index (χ1) is 10.8. The van der Waals surface area contributed by atoms with Crippen LogP contribution in [0.25, 0.3) is 5.65 Å². The molecular formula is C14H14N6O2. The van der Waals surface area contributed by atoms with Gasteiger partial charge in [-0.05, 0) is 22.6 Å². The van der Waals surface area contributed by atoms with Crippen LogP contribution in [-0.4, -0.2) is 51.3 Å². The lowest BCUT2D eigenvalue weighted by Crippen LogP contribution is -2.40. The highest BCUT2D eigenvalue weighted by atomic mass is 16.6. The molecule has 3 heterocycles. The molecule has 0 spiro atoms. The summed E-state index contributed by atoms with van der Waals surface area (Å²) in [7, 11) is 1.95. The van der Waals surface area contributed by atoms with E-state index in [0.29, 0.717) is 18.8 Å². The Hall–Kier alpha value is -2.90. The Labute approximate surface area is 126 Å². The van der Waals surface area contributed by atoms with Gasteiger partial charge < -0.3 is 14.4 Å². The minimum absolute atomic E-state index is 0.0772. The number of tetrazole rings is 1. The van der Waals surface area contributed by atoms with Gasteiger partial charge >= 0.3 is 0 Å². The number of ether oxygens (including phenoxy) is 2. The van der Waals surface area contributed by atoms with Crippen LogP contribution in [0.5, 0.6) is 11.5 Å². The van der Waals surface area contributed by atoms with Crippen molar-refractivity contribution < 1.29 is 9.47 Å². The highest BCUT2D eigenvalue weighted by Gasteiger charge is 2.23. The fraction of sp³-hybridized carbons (Fsp3) is 0.286. The molecule has 1 unspecified atom stereocenters. The summed E-state index contributed by atoms with van der Waals surface area (Å²) in [6.45, 7) is 1.13. The third kappa shape index (κ3) is 2.18. The fourth-order valence-electron chi connectivity index (χ4n) is 2.48. The van der Waals surface area contributed by atoms with Crippen LogP contribution in [0.4, 0.5) is 5.82 Å². The molecule has 0 N–H and O–H groups in total. The highest BCUT2D eigenvalue weighted by Crippen LogP contribution is 2.31. The first kappa shape index (κ1) is 12.8. The minimum atomic E-state index is -0.0772. The Morgan fingerprint density at radius 3 is 3.05 bits per heavy atom. The number of para-hydroxylation sites is 2. The number of nitrogens with zero attached hydrogens (tertiary/aromatic N) is 6. The van der Waals surface area contributed by atoms with Crippen molar-refractivity contribution in [3.05, 3.63) is 36.7 Å². The molecule has 8 heteroatoms. The lowest BCUT2D eigenvalue weighted by atomic mass is 10.2. The van der Waals surface area contributed by atoms with E-state index in [0.717, 1.165) is 17.3 Å². The van der Waals surface area contributed by atoms with Crippen LogP contribution in [0.3, 0.4) is 0 Å². The summed E-state index contributed by atoms with van der Waals surface area (Å²) in [6, 6.07) is 7.67. The topological polar surface area (TPSA) is 77.7 Å². The molecule has 112 valence electrons. The van der Waals surface area contributed by atoms with Gasteiger partial charge in [-0.3, -0.25) is 4.98 Å². The van der Waals surface area contributed by atoms with Crippen molar-refractivity contribution in [2.75, 3.05) is 25.1 Å². The van der Waals surface area contributed by atoms with Crippen molar-refractivity contribution >= 4 is 11.5 Å². The third-order valence-corrected chi connectivity index (χ3v) is 3.53. The summed E-state index contributed by atoms with van der Waals surface area (Å²) in [4.78, 5) is 6.16. The second kappa shape index (κ2) is 5.14. The Morgan fingerprint density at radius 2 is 2.14 bits per heavy atom. The maximum atomic E-state index is 5.97. The van der Waals surface area contributed by atoms with E-state index in [1.165, 1.54) is 0 Å². The van der Waals surface area contributed by atoms with Gasteiger partial charge in [0.2, 0.25) is 0 Å². The van der Waals surface area contributed by atoms with Crippen LogP contribution < -0.4 is 14.4 Å². The minimum Gasteiger partial charge on any atom is -0.486 e. The average molecular weight is 298 g/mol. The highest BCUT2D eigenvalue weighted by molar-refractivity contribution is 5.46. The normalized spacial score (nSPS) is 16.7. The quantitative estimate of drug-likeness (QED) is 0.707. The molecule has 22 heavy (non-hydrogen) atoms. The van der Waals surface area contributed by atoms with Crippen LogP contribution in [-0.2, 0) is 0 Å². The summed E-state index contributed by atoms with van der Waals surface area (Å²) in [6.07, 6.45) is 3.26. The Bertz CT molecular complexity index is 805. The molecule has 0 saturated carbocycles. The Balaban J connectivity index is 1.53. The molecule has 0 radical (unpaired) electrons. The van der Waals surface area contributed by atoms with E-state index in [2.05, 4.69) is 20.5 Å². The average Bonchev–Trinajstić information content (AvgIpc) is 3.03. The van der Waals surface area contributed by atoms with Crippen molar-refractivity contribution in [2.24, 2.45) is 0 Å². The molecule has 0 bridgehead atoms. The second-order valence-electron chi connectivity index (χ2n) is 5.09. The second-order valence-corrected chi connectivity index (χ2v) is 5.09. The predicted molar refractivity (Wildman–Crippen MR) is 78.2 cm³/mol. The number of anilines is 1. The summed E-state index contributed by atoms with van der Waals surface area (Å²) >= 11 is 0. The van der Waals surface area contributed by atoms with E-state index in [9.17, 15) is 0 Å². The molecule has 0 fully saturated rings. The fourth-order valence-corrected chi connectivity index (χ4v) is 2.48. The molecule has 3 aromatic rings. The van der Waals surface area contributed by atoms with Gasteiger partial charge in [0, 0.05) is 7.05 Å². The molecule has 4 rings (SSSR count). The van der Waals surface area contributed by atoms with Crippen molar-refractivity contribution in [3.8, 4) is 11.5 Å². The maximum absolute atomic E-state index is 5.97. The van der Waals surface area contributed by atoms with Crippen LogP contribution in [0.1, 0.15) is 0 Å². The number of likely N-dealkylation sites (N-methyl/N-ethyl adjacent to an activating group) is 1. The lowest BCUT2D eigenvalue weighted by molar-refractivity contribution is 0.0959. The molecule has 0 saturated heterocycles. The maximum Gasteiger partial charge on any atom is 0.199 e. The van der Waals surface area contributed by atoms with Gasteiger partial charge in [0.25, 0.3) is 0 Å². The predicted octanol–water partition coefficient (Wildman–Crippen LogP) is 0.795. The molecule has 1 aliphatic rings. The zero-order chi connectivity index (χ0) is 14.9. The van der Waals surface area contributed by atoms with Crippen molar-refractivity contribution in [3.63, 3.8) is 0 Å². The van der Waals surface area contributed by atoms with Gasteiger partial charge in [0.05, 0.1) is 18.9 Å². The largest absolute Gasteiger partial charge is 0.486 e. The number of aromatic nitrogens is 5. The lowest BCUT2D eigenvalue weighted by Gasteiger charge is -2.30. The molecule has 2 aromatic heterocycles. The van der Waals surface area contributed by atoms with Gasteiger partial charge in [-0.1, -0.05) is 12.1 Å². The molecule has 1 atom stereocenters. The van der Waals surface area contributed by atoms with Crippen LogP contribution in [0.15, 0.2) is 36.7 Å². The zero-order valence-corrected chi connectivity index (χ0v) is 12.0. The van der Waals surface area contributed by atoms with E-state index in [1.807, 2.05) is 36.2 Å². The number of fused-ring (bicyclic) bond motifs is 2. The van der Waals surface area contributed by atoms with Crippen LogP contribution in [0, 0.1) is 0 Å². The van der Waals surface area contributed by atoms with E-state index in [1.54, 1.807) is 16.9 Å². The zero-order valence-electron chi connectivity index (χ0n) is 12.0.